The Kier molecular flexibility index (Phi) is 4.34. The van der Waals surface area contributed by atoms with E-state index in [1.165, 1.54) is 6.07 Å². The van der Waals surface area contributed by atoms with Crippen LogP contribution in [0, 0.1) is 5.82 Å². The fraction of sp³-hybridized carbons (Fsp3) is 0.267. The number of pyridine rings is 1. The van der Waals surface area contributed by atoms with Crippen LogP contribution in [0.15, 0.2) is 42.6 Å². The first kappa shape index (κ1) is 13.3. The number of benzene rings is 1. The Morgan fingerprint density at radius 3 is 2.79 bits per heavy atom. The molecule has 1 aromatic heterocycles. The third-order valence-corrected chi connectivity index (χ3v) is 2.87. The Bertz CT molecular complexity index is 542. The maximum absolute atomic E-state index is 13.7. The summed E-state index contributed by atoms with van der Waals surface area (Å²) < 4.78 is 13.7. The van der Waals surface area contributed by atoms with E-state index in [4.69, 9.17) is 0 Å². The highest BCUT2D eigenvalue weighted by Gasteiger charge is 2.10. The van der Waals surface area contributed by atoms with Crippen LogP contribution >= 0.6 is 0 Å². The molecule has 1 heterocycles. The van der Waals surface area contributed by atoms with Crippen molar-refractivity contribution < 1.29 is 4.39 Å². The van der Waals surface area contributed by atoms with Gasteiger partial charge in [0.05, 0.1) is 6.04 Å². The second kappa shape index (κ2) is 6.18. The van der Waals surface area contributed by atoms with Gasteiger partial charge in [0.2, 0.25) is 0 Å². The zero-order chi connectivity index (χ0) is 13.7. The van der Waals surface area contributed by atoms with Gasteiger partial charge in [-0.1, -0.05) is 18.2 Å². The van der Waals surface area contributed by atoms with Crippen molar-refractivity contribution >= 4 is 11.5 Å². The van der Waals surface area contributed by atoms with Gasteiger partial charge in [-0.15, -0.1) is 0 Å². The molecule has 1 unspecified atom stereocenters. The topological polar surface area (TPSA) is 37.0 Å². The highest BCUT2D eigenvalue weighted by molar-refractivity contribution is 5.53. The summed E-state index contributed by atoms with van der Waals surface area (Å²) >= 11 is 0. The second-order valence-corrected chi connectivity index (χ2v) is 4.35. The summed E-state index contributed by atoms with van der Waals surface area (Å²) in [5.41, 5.74) is 1.58. The minimum absolute atomic E-state index is 0.0990. The van der Waals surface area contributed by atoms with Crippen molar-refractivity contribution in [2.75, 3.05) is 17.2 Å². The van der Waals surface area contributed by atoms with Gasteiger partial charge in [0.1, 0.15) is 11.6 Å². The van der Waals surface area contributed by atoms with Crippen molar-refractivity contribution in [3.05, 3.63) is 54.0 Å². The van der Waals surface area contributed by atoms with Gasteiger partial charge < -0.3 is 10.6 Å². The van der Waals surface area contributed by atoms with E-state index in [1.807, 2.05) is 32.0 Å². The first-order chi connectivity index (χ1) is 9.20. The molecule has 1 aromatic carbocycles. The highest BCUT2D eigenvalue weighted by Crippen LogP contribution is 2.22. The molecule has 0 fully saturated rings. The Morgan fingerprint density at radius 1 is 1.26 bits per heavy atom. The lowest BCUT2D eigenvalue weighted by Gasteiger charge is -2.16. The quantitative estimate of drug-likeness (QED) is 0.857. The summed E-state index contributed by atoms with van der Waals surface area (Å²) in [5, 5.41) is 6.42. The lowest BCUT2D eigenvalue weighted by Crippen LogP contribution is -2.09. The Balaban J connectivity index is 2.12. The fourth-order valence-electron chi connectivity index (χ4n) is 1.95. The van der Waals surface area contributed by atoms with Crippen LogP contribution in [0.5, 0.6) is 0 Å². The van der Waals surface area contributed by atoms with E-state index in [0.717, 1.165) is 18.1 Å². The van der Waals surface area contributed by atoms with Gasteiger partial charge in [-0.2, -0.15) is 0 Å². The Morgan fingerprint density at radius 2 is 2.05 bits per heavy atom. The highest BCUT2D eigenvalue weighted by atomic mass is 19.1. The van der Waals surface area contributed by atoms with Crippen LogP contribution in [0.2, 0.25) is 0 Å². The lowest BCUT2D eigenvalue weighted by atomic mass is 10.1. The van der Waals surface area contributed by atoms with E-state index in [9.17, 15) is 4.39 Å². The third-order valence-electron chi connectivity index (χ3n) is 2.87. The molecule has 2 aromatic rings. The van der Waals surface area contributed by atoms with Crippen molar-refractivity contribution in [2.45, 2.75) is 19.9 Å². The molecule has 2 N–H and O–H groups in total. The molecule has 100 valence electrons. The number of aromatic nitrogens is 1. The molecule has 0 saturated carbocycles. The molecule has 0 amide bonds. The number of hydrogen-bond acceptors (Lipinski definition) is 3. The molecule has 0 saturated heterocycles. The van der Waals surface area contributed by atoms with Gasteiger partial charge >= 0.3 is 0 Å². The zero-order valence-corrected chi connectivity index (χ0v) is 11.2. The molecule has 0 aliphatic carbocycles. The lowest BCUT2D eigenvalue weighted by molar-refractivity contribution is 0.600. The van der Waals surface area contributed by atoms with Crippen LogP contribution in [0.25, 0.3) is 0 Å². The third kappa shape index (κ3) is 3.44. The molecule has 0 radical (unpaired) electrons. The van der Waals surface area contributed by atoms with E-state index in [0.29, 0.717) is 5.56 Å². The van der Waals surface area contributed by atoms with E-state index < -0.39 is 0 Å². The van der Waals surface area contributed by atoms with E-state index >= 15 is 0 Å². The molecule has 0 aliphatic heterocycles. The van der Waals surface area contributed by atoms with Crippen LogP contribution in [-0.4, -0.2) is 11.5 Å². The van der Waals surface area contributed by atoms with Gasteiger partial charge in [-0.25, -0.2) is 9.37 Å². The fourth-order valence-corrected chi connectivity index (χ4v) is 1.95. The smallest absolute Gasteiger partial charge is 0.128 e. The average molecular weight is 259 g/mol. The van der Waals surface area contributed by atoms with Crippen molar-refractivity contribution in [2.24, 2.45) is 0 Å². The SMILES string of the molecule is CCNc1cc(NC(C)c2ccccc2F)ccn1. The summed E-state index contributed by atoms with van der Waals surface area (Å²) in [7, 11) is 0. The van der Waals surface area contributed by atoms with Gasteiger partial charge in [0.25, 0.3) is 0 Å². The minimum atomic E-state index is -0.191. The molecule has 2 rings (SSSR count). The standard InChI is InChI=1S/C15H18FN3/c1-3-17-15-10-12(8-9-18-15)19-11(2)13-6-4-5-7-14(13)16/h4-11H,3H2,1-2H3,(H2,17,18,19). The molecule has 1 atom stereocenters. The molecule has 0 spiro atoms. The van der Waals surface area contributed by atoms with E-state index in [1.54, 1.807) is 18.3 Å². The molecular formula is C15H18FN3. The largest absolute Gasteiger partial charge is 0.378 e. The number of nitrogens with one attached hydrogen (secondary N) is 2. The summed E-state index contributed by atoms with van der Waals surface area (Å²) in [6.45, 7) is 4.77. The minimum Gasteiger partial charge on any atom is -0.378 e. The zero-order valence-electron chi connectivity index (χ0n) is 11.2. The molecule has 19 heavy (non-hydrogen) atoms. The number of halogens is 1. The van der Waals surface area contributed by atoms with Gasteiger partial charge in [0, 0.05) is 30.1 Å². The van der Waals surface area contributed by atoms with Crippen LogP contribution in [0.3, 0.4) is 0 Å². The summed E-state index contributed by atoms with van der Waals surface area (Å²) in [6, 6.07) is 10.5. The number of rotatable bonds is 5. The molecule has 3 nitrogen and oxygen atoms in total. The maximum atomic E-state index is 13.7. The first-order valence-electron chi connectivity index (χ1n) is 6.41. The maximum Gasteiger partial charge on any atom is 0.128 e. The van der Waals surface area contributed by atoms with Gasteiger partial charge in [0.15, 0.2) is 0 Å². The Hall–Kier alpha value is -2.10. The molecule has 0 bridgehead atoms. The van der Waals surface area contributed by atoms with E-state index in [2.05, 4.69) is 15.6 Å². The van der Waals surface area contributed by atoms with Crippen LogP contribution in [-0.2, 0) is 0 Å². The van der Waals surface area contributed by atoms with E-state index in [-0.39, 0.29) is 11.9 Å². The summed E-state index contributed by atoms with van der Waals surface area (Å²) in [4.78, 5) is 4.20. The molecular weight excluding hydrogens is 241 g/mol. The average Bonchev–Trinajstić information content (AvgIpc) is 2.40. The first-order valence-corrected chi connectivity index (χ1v) is 6.41. The monoisotopic (exact) mass is 259 g/mol. The molecule has 0 aliphatic rings. The normalized spacial score (nSPS) is 11.9. The van der Waals surface area contributed by atoms with Crippen LogP contribution in [0.4, 0.5) is 15.9 Å². The van der Waals surface area contributed by atoms with Crippen LogP contribution < -0.4 is 10.6 Å². The number of hydrogen-bond donors (Lipinski definition) is 2. The van der Waals surface area contributed by atoms with Gasteiger partial charge in [-0.3, -0.25) is 0 Å². The Labute approximate surface area is 112 Å². The predicted molar refractivity (Wildman–Crippen MR) is 76.8 cm³/mol. The second-order valence-electron chi connectivity index (χ2n) is 4.35. The van der Waals surface area contributed by atoms with Gasteiger partial charge in [-0.05, 0) is 26.0 Å². The number of anilines is 2. The summed E-state index contributed by atoms with van der Waals surface area (Å²) in [5.74, 6) is 0.622. The van der Waals surface area contributed by atoms with Crippen molar-refractivity contribution in [1.29, 1.82) is 0 Å². The van der Waals surface area contributed by atoms with Crippen molar-refractivity contribution in [3.63, 3.8) is 0 Å². The predicted octanol–water partition coefficient (Wildman–Crippen LogP) is 3.83. The molecule has 4 heteroatoms. The van der Waals surface area contributed by atoms with Crippen molar-refractivity contribution in [3.8, 4) is 0 Å². The van der Waals surface area contributed by atoms with Crippen molar-refractivity contribution in [1.82, 2.24) is 4.98 Å². The van der Waals surface area contributed by atoms with Crippen LogP contribution in [0.1, 0.15) is 25.5 Å². The summed E-state index contributed by atoms with van der Waals surface area (Å²) in [6.07, 6.45) is 1.73. The number of nitrogens with zero attached hydrogens (tertiary/aromatic N) is 1.